The molecule has 0 saturated carbocycles. The smallest absolute Gasteiger partial charge is 0.267 e. The van der Waals surface area contributed by atoms with E-state index in [4.69, 9.17) is 10.4 Å². The molecule has 0 aliphatic rings. The van der Waals surface area contributed by atoms with Crippen LogP contribution in [0.1, 0.15) is 17.6 Å². The van der Waals surface area contributed by atoms with Crippen LogP contribution in [0.25, 0.3) is 0 Å². The molecule has 0 amide bonds. The minimum absolute atomic E-state index is 0.0301. The molecule has 0 spiro atoms. The van der Waals surface area contributed by atoms with Crippen molar-refractivity contribution in [3.63, 3.8) is 0 Å². The summed E-state index contributed by atoms with van der Waals surface area (Å²) in [7, 11) is 0. The molecule has 0 bridgehead atoms. The molecule has 0 radical (unpaired) electrons. The topological polar surface area (TPSA) is 56.9 Å². The van der Waals surface area contributed by atoms with E-state index in [-0.39, 0.29) is 16.6 Å². The lowest BCUT2D eigenvalue weighted by Gasteiger charge is -2.08. The van der Waals surface area contributed by atoms with Crippen LogP contribution in [0.3, 0.4) is 0 Å². The first-order valence-corrected chi connectivity index (χ1v) is 4.38. The number of hydrogen-bond acceptors (Lipinski definition) is 3. The lowest BCUT2D eigenvalue weighted by atomic mass is 10.1. The maximum Gasteiger partial charge on any atom is 0.267 e. The Kier molecular flexibility index (Phi) is 3.36. The van der Waals surface area contributed by atoms with Crippen molar-refractivity contribution < 1.29 is 13.9 Å². The van der Waals surface area contributed by atoms with E-state index in [9.17, 15) is 8.78 Å². The molecule has 0 aromatic carbocycles. The zero-order chi connectivity index (χ0) is 10.7. The Hall–Kier alpha value is -1.22. The molecule has 0 aliphatic heterocycles. The van der Waals surface area contributed by atoms with Crippen LogP contribution in [0, 0.1) is 11.3 Å². The molecular formula is C8H5BrF2N2O. The monoisotopic (exact) mass is 262 g/mol. The van der Waals surface area contributed by atoms with Gasteiger partial charge >= 0.3 is 0 Å². The Balaban J connectivity index is 3.35. The molecule has 1 N–H and O–H groups in total. The first kappa shape index (κ1) is 10.9. The second kappa shape index (κ2) is 4.33. The lowest BCUT2D eigenvalue weighted by molar-refractivity contribution is 0.146. The number of halogens is 3. The Bertz CT molecular complexity index is 390. The van der Waals surface area contributed by atoms with E-state index in [1.807, 2.05) is 0 Å². The lowest BCUT2D eigenvalue weighted by Crippen LogP contribution is -1.98. The molecule has 1 aromatic heterocycles. The molecule has 1 heterocycles. The zero-order valence-electron chi connectivity index (χ0n) is 6.84. The van der Waals surface area contributed by atoms with E-state index in [1.54, 1.807) is 6.07 Å². The Morgan fingerprint density at radius 1 is 1.64 bits per heavy atom. The molecule has 6 heteroatoms. The minimum atomic E-state index is -2.82. The standard InChI is InChI=1S/C8H5BrF2N2O/c9-7-4(1-2-12)6(8(10)11)5(14)3-13-7/h3,8,14H,1H2. The van der Waals surface area contributed by atoms with Crippen LogP contribution < -0.4 is 0 Å². The summed E-state index contributed by atoms with van der Waals surface area (Å²) >= 11 is 2.94. The van der Waals surface area contributed by atoms with Crippen molar-refractivity contribution >= 4 is 15.9 Å². The van der Waals surface area contributed by atoms with E-state index >= 15 is 0 Å². The van der Waals surface area contributed by atoms with Crippen LogP contribution in [0.4, 0.5) is 8.78 Å². The summed E-state index contributed by atoms with van der Waals surface area (Å²) in [6, 6.07) is 1.73. The van der Waals surface area contributed by atoms with Gasteiger partial charge in [-0.1, -0.05) is 0 Å². The van der Waals surface area contributed by atoms with Crippen molar-refractivity contribution in [2.75, 3.05) is 0 Å². The van der Waals surface area contributed by atoms with Crippen LogP contribution in [-0.2, 0) is 6.42 Å². The van der Waals surface area contributed by atoms with Gasteiger partial charge in [0.05, 0.1) is 24.3 Å². The molecule has 14 heavy (non-hydrogen) atoms. The summed E-state index contributed by atoms with van der Waals surface area (Å²) in [6.45, 7) is 0. The van der Waals surface area contributed by atoms with Gasteiger partial charge in [-0.2, -0.15) is 5.26 Å². The summed E-state index contributed by atoms with van der Waals surface area (Å²) in [4.78, 5) is 3.62. The van der Waals surface area contributed by atoms with Gasteiger partial charge in [-0.3, -0.25) is 0 Å². The molecule has 0 atom stereocenters. The van der Waals surface area contributed by atoms with E-state index in [2.05, 4.69) is 20.9 Å². The number of rotatable bonds is 2. The molecule has 3 nitrogen and oxygen atoms in total. The third-order valence-corrected chi connectivity index (χ3v) is 2.31. The molecule has 1 aromatic rings. The average molecular weight is 263 g/mol. The SMILES string of the molecule is N#CCc1c(Br)ncc(O)c1C(F)F. The van der Waals surface area contributed by atoms with Gasteiger partial charge in [-0.05, 0) is 15.9 Å². The Labute approximate surface area is 87.1 Å². The predicted molar refractivity (Wildman–Crippen MR) is 47.9 cm³/mol. The second-order valence-corrected chi connectivity index (χ2v) is 3.21. The number of nitrogens with zero attached hydrogens (tertiary/aromatic N) is 2. The average Bonchev–Trinajstić information content (AvgIpc) is 2.11. The predicted octanol–water partition coefficient (Wildman–Crippen LogP) is 2.55. The van der Waals surface area contributed by atoms with Gasteiger partial charge in [0.2, 0.25) is 0 Å². The van der Waals surface area contributed by atoms with Gasteiger partial charge in [0.25, 0.3) is 6.43 Å². The molecular weight excluding hydrogens is 258 g/mol. The van der Waals surface area contributed by atoms with Crippen molar-refractivity contribution in [1.29, 1.82) is 5.26 Å². The molecule has 0 saturated heterocycles. The van der Waals surface area contributed by atoms with Crippen LogP contribution >= 0.6 is 15.9 Å². The Morgan fingerprint density at radius 3 is 2.79 bits per heavy atom. The van der Waals surface area contributed by atoms with E-state index < -0.39 is 17.7 Å². The molecule has 74 valence electrons. The summed E-state index contributed by atoms with van der Waals surface area (Å²) in [5.41, 5.74) is -0.504. The first-order valence-electron chi connectivity index (χ1n) is 3.59. The normalized spacial score (nSPS) is 10.2. The number of pyridine rings is 1. The zero-order valence-corrected chi connectivity index (χ0v) is 8.42. The minimum Gasteiger partial charge on any atom is -0.506 e. The highest BCUT2D eigenvalue weighted by Gasteiger charge is 2.20. The van der Waals surface area contributed by atoms with E-state index in [0.29, 0.717) is 0 Å². The first-order chi connectivity index (χ1) is 6.57. The van der Waals surface area contributed by atoms with Crippen molar-refractivity contribution in [3.05, 3.63) is 21.9 Å². The van der Waals surface area contributed by atoms with E-state index in [0.717, 1.165) is 6.20 Å². The third kappa shape index (κ3) is 1.99. The van der Waals surface area contributed by atoms with Crippen LogP contribution in [0.5, 0.6) is 5.75 Å². The van der Waals surface area contributed by atoms with Gasteiger partial charge in [-0.15, -0.1) is 0 Å². The number of nitriles is 1. The fourth-order valence-corrected chi connectivity index (χ4v) is 1.48. The summed E-state index contributed by atoms with van der Waals surface area (Å²) in [6.07, 6.45) is -2.12. The van der Waals surface area contributed by atoms with Crippen molar-refractivity contribution in [3.8, 4) is 11.8 Å². The molecule has 0 fully saturated rings. The van der Waals surface area contributed by atoms with E-state index in [1.165, 1.54) is 0 Å². The van der Waals surface area contributed by atoms with Crippen LogP contribution in [0.15, 0.2) is 10.8 Å². The van der Waals surface area contributed by atoms with Gasteiger partial charge in [0.15, 0.2) is 0 Å². The molecule has 0 unspecified atom stereocenters. The van der Waals surface area contributed by atoms with Crippen molar-refractivity contribution in [2.45, 2.75) is 12.8 Å². The second-order valence-electron chi connectivity index (χ2n) is 2.46. The third-order valence-electron chi connectivity index (χ3n) is 1.62. The van der Waals surface area contributed by atoms with Gasteiger partial charge in [-0.25, -0.2) is 13.8 Å². The Morgan fingerprint density at radius 2 is 2.29 bits per heavy atom. The number of aromatic nitrogens is 1. The fraction of sp³-hybridized carbons (Fsp3) is 0.250. The number of alkyl halides is 2. The van der Waals surface area contributed by atoms with Gasteiger partial charge in [0.1, 0.15) is 10.4 Å². The highest BCUT2D eigenvalue weighted by atomic mass is 79.9. The maximum atomic E-state index is 12.5. The van der Waals surface area contributed by atoms with Crippen LogP contribution in [-0.4, -0.2) is 10.1 Å². The maximum absolute atomic E-state index is 12.5. The highest BCUT2D eigenvalue weighted by Crippen LogP contribution is 2.34. The summed E-state index contributed by atoms with van der Waals surface area (Å²) in [5, 5.41) is 17.6. The summed E-state index contributed by atoms with van der Waals surface area (Å²) in [5.74, 6) is -0.589. The number of hydrogen-bond donors (Lipinski definition) is 1. The highest BCUT2D eigenvalue weighted by molar-refractivity contribution is 9.10. The molecule has 1 rings (SSSR count). The van der Waals surface area contributed by atoms with Gasteiger partial charge < -0.3 is 5.11 Å². The van der Waals surface area contributed by atoms with Gasteiger partial charge in [0, 0.05) is 5.56 Å². The largest absolute Gasteiger partial charge is 0.506 e. The summed E-state index contributed by atoms with van der Waals surface area (Å²) < 4.78 is 25.1. The quantitative estimate of drug-likeness (QED) is 0.834. The van der Waals surface area contributed by atoms with Crippen molar-refractivity contribution in [1.82, 2.24) is 4.98 Å². The fourth-order valence-electron chi connectivity index (χ4n) is 1.02. The number of aromatic hydroxyl groups is 1. The van der Waals surface area contributed by atoms with Crippen LogP contribution in [0.2, 0.25) is 0 Å². The van der Waals surface area contributed by atoms with Crippen molar-refractivity contribution in [2.24, 2.45) is 0 Å². The molecule has 0 aliphatic carbocycles.